The highest BCUT2D eigenvalue weighted by Gasteiger charge is 2.17. The predicted molar refractivity (Wildman–Crippen MR) is 99.9 cm³/mol. The van der Waals surface area contributed by atoms with Gasteiger partial charge in [0.15, 0.2) is 0 Å². The van der Waals surface area contributed by atoms with Gasteiger partial charge in [0, 0.05) is 21.7 Å². The summed E-state index contributed by atoms with van der Waals surface area (Å²) in [7, 11) is 0. The third-order valence-electron chi connectivity index (χ3n) is 3.71. The van der Waals surface area contributed by atoms with Gasteiger partial charge in [-0.05, 0) is 37.6 Å². The van der Waals surface area contributed by atoms with Gasteiger partial charge in [0.1, 0.15) is 5.56 Å². The van der Waals surface area contributed by atoms with E-state index in [0.717, 1.165) is 26.6 Å². The average molecular weight is 385 g/mol. The third-order valence-corrected chi connectivity index (χ3v) is 4.57. The molecule has 0 atom stereocenters. The van der Waals surface area contributed by atoms with Crippen molar-refractivity contribution in [2.75, 3.05) is 11.9 Å². The Morgan fingerprint density at radius 3 is 2.79 bits per heavy atom. The summed E-state index contributed by atoms with van der Waals surface area (Å²) in [5, 5.41) is 4.23. The number of fused-ring (bicyclic) bond motifs is 1. The smallest absolute Gasteiger partial charge is 0.341 e. The van der Waals surface area contributed by atoms with Crippen LogP contribution >= 0.6 is 15.9 Å². The number of carbonyl (C=O) groups excluding carboxylic acids is 1. The van der Waals surface area contributed by atoms with E-state index in [9.17, 15) is 4.79 Å². The summed E-state index contributed by atoms with van der Waals surface area (Å²) >= 11 is 3.54. The summed E-state index contributed by atoms with van der Waals surface area (Å²) in [4.78, 5) is 16.7. The Morgan fingerprint density at radius 2 is 2.04 bits per heavy atom. The molecule has 0 saturated carbocycles. The number of aryl methyl sites for hydroxylation is 1. The highest BCUT2D eigenvalue weighted by Crippen LogP contribution is 2.31. The van der Waals surface area contributed by atoms with Crippen LogP contribution in [-0.2, 0) is 4.74 Å². The Balaban J connectivity index is 2.13. The Labute approximate surface area is 149 Å². The zero-order chi connectivity index (χ0) is 17.1. The molecule has 2 aromatic carbocycles. The average Bonchev–Trinajstić information content (AvgIpc) is 2.58. The van der Waals surface area contributed by atoms with Crippen molar-refractivity contribution >= 4 is 44.2 Å². The number of nitrogens with one attached hydrogen (secondary N) is 1. The zero-order valence-corrected chi connectivity index (χ0v) is 15.1. The molecule has 1 N–H and O–H groups in total. The van der Waals surface area contributed by atoms with Crippen LogP contribution in [0.25, 0.3) is 10.9 Å². The van der Waals surface area contributed by atoms with Crippen LogP contribution in [0.1, 0.15) is 22.8 Å². The molecule has 0 fully saturated rings. The minimum absolute atomic E-state index is 0.321. The molecule has 1 heterocycles. The van der Waals surface area contributed by atoms with Crippen molar-refractivity contribution in [3.05, 3.63) is 64.3 Å². The quantitative estimate of drug-likeness (QED) is 0.625. The number of ether oxygens (including phenoxy) is 1. The molecule has 0 bridgehead atoms. The number of nitrogens with zero attached hydrogens (tertiary/aromatic N) is 1. The van der Waals surface area contributed by atoms with Gasteiger partial charge < -0.3 is 10.1 Å². The molecule has 0 unspecified atom stereocenters. The van der Waals surface area contributed by atoms with Crippen LogP contribution in [0.2, 0.25) is 0 Å². The second kappa shape index (κ2) is 7.01. The van der Waals surface area contributed by atoms with Crippen molar-refractivity contribution in [2.24, 2.45) is 0 Å². The molecule has 0 spiro atoms. The minimum atomic E-state index is -0.385. The van der Waals surface area contributed by atoms with Gasteiger partial charge in [-0.15, -0.1) is 0 Å². The fourth-order valence-corrected chi connectivity index (χ4v) is 2.83. The molecule has 0 amide bonds. The number of rotatable bonds is 4. The molecule has 0 aliphatic carbocycles. The van der Waals surface area contributed by atoms with E-state index in [1.54, 1.807) is 13.1 Å². The Kier molecular flexibility index (Phi) is 4.81. The number of halogens is 1. The van der Waals surface area contributed by atoms with Crippen molar-refractivity contribution < 1.29 is 9.53 Å². The van der Waals surface area contributed by atoms with Crippen molar-refractivity contribution in [1.29, 1.82) is 0 Å². The Hall–Kier alpha value is -2.40. The van der Waals surface area contributed by atoms with Gasteiger partial charge in [0.2, 0.25) is 0 Å². The van der Waals surface area contributed by atoms with Crippen LogP contribution in [0, 0.1) is 6.92 Å². The number of pyridine rings is 1. The van der Waals surface area contributed by atoms with Gasteiger partial charge >= 0.3 is 5.97 Å². The topological polar surface area (TPSA) is 51.2 Å². The van der Waals surface area contributed by atoms with Gasteiger partial charge in [-0.2, -0.15) is 0 Å². The maximum absolute atomic E-state index is 12.3. The van der Waals surface area contributed by atoms with E-state index in [2.05, 4.69) is 26.2 Å². The normalized spacial score (nSPS) is 10.6. The SMILES string of the molecule is CCOC(=O)c1cnc2ccccc2c1Nc1ccc(C)c(Br)c1. The first-order chi connectivity index (χ1) is 11.6. The molecule has 3 rings (SSSR count). The number of hydrogen-bond donors (Lipinski definition) is 1. The summed E-state index contributed by atoms with van der Waals surface area (Å²) in [6.07, 6.45) is 1.56. The highest BCUT2D eigenvalue weighted by atomic mass is 79.9. The van der Waals surface area contributed by atoms with Gasteiger partial charge in [-0.3, -0.25) is 4.98 Å². The summed E-state index contributed by atoms with van der Waals surface area (Å²) in [6, 6.07) is 13.7. The van der Waals surface area contributed by atoms with E-state index in [0.29, 0.717) is 17.9 Å². The molecule has 1 aromatic heterocycles. The lowest BCUT2D eigenvalue weighted by Gasteiger charge is -2.14. The van der Waals surface area contributed by atoms with Crippen molar-refractivity contribution in [3.63, 3.8) is 0 Å². The molecule has 122 valence electrons. The van der Waals surface area contributed by atoms with E-state index < -0.39 is 0 Å². The molecule has 0 radical (unpaired) electrons. The van der Waals surface area contributed by atoms with Crippen molar-refractivity contribution in [2.45, 2.75) is 13.8 Å². The van der Waals surface area contributed by atoms with Crippen LogP contribution in [0.5, 0.6) is 0 Å². The predicted octanol–water partition coefficient (Wildman–Crippen LogP) is 5.23. The molecule has 24 heavy (non-hydrogen) atoms. The lowest BCUT2D eigenvalue weighted by Crippen LogP contribution is -2.09. The molecule has 5 heteroatoms. The number of anilines is 2. The fraction of sp³-hybridized carbons (Fsp3) is 0.158. The number of esters is 1. The van der Waals surface area contributed by atoms with Crippen LogP contribution in [-0.4, -0.2) is 17.6 Å². The highest BCUT2D eigenvalue weighted by molar-refractivity contribution is 9.10. The number of benzene rings is 2. The van der Waals surface area contributed by atoms with E-state index >= 15 is 0 Å². The van der Waals surface area contributed by atoms with Gasteiger partial charge in [0.05, 0.1) is 17.8 Å². The van der Waals surface area contributed by atoms with Crippen molar-refractivity contribution in [1.82, 2.24) is 4.98 Å². The second-order valence-electron chi connectivity index (χ2n) is 5.37. The maximum Gasteiger partial charge on any atom is 0.341 e. The first-order valence-electron chi connectivity index (χ1n) is 7.68. The first-order valence-corrected chi connectivity index (χ1v) is 8.47. The van der Waals surface area contributed by atoms with E-state index in [1.165, 1.54) is 0 Å². The number of hydrogen-bond acceptors (Lipinski definition) is 4. The molecule has 0 aliphatic rings. The molecule has 0 saturated heterocycles. The van der Waals surface area contributed by atoms with Crippen LogP contribution in [0.15, 0.2) is 53.1 Å². The molecule has 3 aromatic rings. The summed E-state index contributed by atoms with van der Waals surface area (Å²) < 4.78 is 6.17. The molecule has 0 aliphatic heterocycles. The molecular weight excluding hydrogens is 368 g/mol. The number of carbonyl (C=O) groups is 1. The lowest BCUT2D eigenvalue weighted by molar-refractivity contribution is 0.0527. The van der Waals surface area contributed by atoms with Crippen LogP contribution in [0.4, 0.5) is 11.4 Å². The van der Waals surface area contributed by atoms with Gasteiger partial charge in [0.25, 0.3) is 0 Å². The lowest BCUT2D eigenvalue weighted by atomic mass is 10.1. The fourth-order valence-electron chi connectivity index (χ4n) is 2.45. The van der Waals surface area contributed by atoms with E-state index in [-0.39, 0.29) is 5.97 Å². The molecular formula is C19H17BrN2O2. The second-order valence-corrected chi connectivity index (χ2v) is 6.23. The largest absolute Gasteiger partial charge is 0.462 e. The van der Waals surface area contributed by atoms with E-state index in [4.69, 9.17) is 4.74 Å². The minimum Gasteiger partial charge on any atom is -0.462 e. The summed E-state index contributed by atoms with van der Waals surface area (Å²) in [6.45, 7) is 4.14. The maximum atomic E-state index is 12.3. The zero-order valence-electron chi connectivity index (χ0n) is 13.5. The van der Waals surface area contributed by atoms with Crippen molar-refractivity contribution in [3.8, 4) is 0 Å². The van der Waals surface area contributed by atoms with Gasteiger partial charge in [-0.1, -0.05) is 40.2 Å². The summed E-state index contributed by atoms with van der Waals surface area (Å²) in [5.74, 6) is -0.385. The van der Waals surface area contributed by atoms with Gasteiger partial charge in [-0.25, -0.2) is 4.79 Å². The van der Waals surface area contributed by atoms with Crippen LogP contribution in [0.3, 0.4) is 0 Å². The third kappa shape index (κ3) is 3.26. The Morgan fingerprint density at radius 1 is 1.25 bits per heavy atom. The standard InChI is InChI=1S/C19H17BrN2O2/c1-3-24-19(23)15-11-21-17-7-5-4-6-14(17)18(15)22-13-9-8-12(2)16(20)10-13/h4-11H,3H2,1-2H3,(H,21,22). The monoisotopic (exact) mass is 384 g/mol. The Bertz CT molecular complexity index is 909. The van der Waals surface area contributed by atoms with E-state index in [1.807, 2.05) is 49.4 Å². The number of aromatic nitrogens is 1. The first kappa shape index (κ1) is 16.5. The number of para-hydroxylation sites is 1. The molecule has 4 nitrogen and oxygen atoms in total. The van der Waals surface area contributed by atoms with Crippen LogP contribution < -0.4 is 5.32 Å². The summed E-state index contributed by atoms with van der Waals surface area (Å²) in [5.41, 5.74) is 3.97.